The quantitative estimate of drug-likeness (QED) is 0.162. The molecule has 0 aliphatic heterocycles. The first-order chi connectivity index (χ1) is 15.2. The Hall–Kier alpha value is -3.78. The van der Waals surface area contributed by atoms with Crippen LogP contribution >= 0.6 is 0 Å². The number of nitrogens with zero attached hydrogens (tertiary/aromatic N) is 2. The number of amides is 3. The van der Waals surface area contributed by atoms with Gasteiger partial charge in [-0.1, -0.05) is 0 Å². The molecule has 4 atom stereocenters. The fraction of sp³-hybridized carbons (Fsp3) is 0.444. The predicted molar refractivity (Wildman–Crippen MR) is 109 cm³/mol. The molecule has 0 radical (unpaired) electrons. The third-order valence-corrected chi connectivity index (χ3v) is 4.49. The first kappa shape index (κ1) is 24.5. The first-order valence-corrected chi connectivity index (χ1v) is 9.66. The van der Waals surface area contributed by atoms with Gasteiger partial charge in [0.25, 0.3) is 0 Å². The Morgan fingerprint density at radius 2 is 1.50 bits per heavy atom. The molecule has 0 aliphatic rings. The monoisotopic (exact) mass is 450 g/mol. The molecule has 14 heteroatoms. The summed E-state index contributed by atoms with van der Waals surface area (Å²) in [6, 6.07) is -4.76. The van der Waals surface area contributed by atoms with Crippen molar-refractivity contribution in [3.8, 4) is 0 Å². The highest BCUT2D eigenvalue weighted by Gasteiger charge is 2.28. The molecule has 0 bridgehead atoms. The van der Waals surface area contributed by atoms with Crippen LogP contribution in [-0.2, 0) is 32.0 Å². The Morgan fingerprint density at radius 3 is 2.00 bits per heavy atom. The lowest BCUT2D eigenvalue weighted by atomic mass is 10.1. The number of nitrogens with one attached hydrogen (secondary N) is 5. The van der Waals surface area contributed by atoms with Gasteiger partial charge in [-0.15, -0.1) is 0 Å². The van der Waals surface area contributed by atoms with Crippen LogP contribution in [0.5, 0.6) is 0 Å². The van der Waals surface area contributed by atoms with Gasteiger partial charge < -0.3 is 41.9 Å². The van der Waals surface area contributed by atoms with Gasteiger partial charge in [-0.05, 0) is 6.92 Å². The minimum Gasteiger partial charge on any atom is -0.480 e. The molecule has 2 aromatic rings. The zero-order valence-corrected chi connectivity index (χ0v) is 17.2. The number of carbonyl (C=O) groups is 4. The van der Waals surface area contributed by atoms with Crippen molar-refractivity contribution in [2.75, 3.05) is 6.61 Å². The van der Waals surface area contributed by atoms with E-state index < -0.39 is 54.5 Å². The second-order valence-corrected chi connectivity index (χ2v) is 7.04. The summed E-state index contributed by atoms with van der Waals surface area (Å²) in [6.07, 6.45) is 5.84. The van der Waals surface area contributed by atoms with Crippen LogP contribution in [0.25, 0.3) is 0 Å². The number of aliphatic carboxylic acids is 1. The van der Waals surface area contributed by atoms with Crippen LogP contribution in [0.15, 0.2) is 25.0 Å². The second kappa shape index (κ2) is 11.6. The van der Waals surface area contributed by atoms with Crippen molar-refractivity contribution in [2.45, 2.75) is 43.9 Å². The number of carbonyl (C=O) groups excluding carboxylic acids is 3. The number of imidazole rings is 2. The van der Waals surface area contributed by atoms with E-state index in [-0.39, 0.29) is 12.8 Å². The summed E-state index contributed by atoms with van der Waals surface area (Å²) in [5.74, 6) is -3.57. The van der Waals surface area contributed by atoms with Crippen molar-refractivity contribution in [2.24, 2.45) is 5.73 Å². The lowest BCUT2D eigenvalue weighted by Gasteiger charge is -2.22. The van der Waals surface area contributed by atoms with Gasteiger partial charge in [0.2, 0.25) is 17.7 Å². The molecule has 0 saturated heterocycles. The van der Waals surface area contributed by atoms with E-state index in [1.54, 1.807) is 0 Å². The fourth-order valence-electron chi connectivity index (χ4n) is 2.69. The number of carboxylic acid groups (broad SMARTS) is 1. The third kappa shape index (κ3) is 7.17. The topological polar surface area (TPSA) is 228 Å². The normalized spacial score (nSPS) is 14.6. The minimum absolute atomic E-state index is 0.0755. The summed E-state index contributed by atoms with van der Waals surface area (Å²) in [6.45, 7) is 0.592. The molecular formula is C18H26N8O6. The van der Waals surface area contributed by atoms with Crippen LogP contribution in [0, 0.1) is 0 Å². The van der Waals surface area contributed by atoms with Crippen molar-refractivity contribution in [3.63, 3.8) is 0 Å². The Morgan fingerprint density at radius 1 is 0.938 bits per heavy atom. The van der Waals surface area contributed by atoms with E-state index in [2.05, 4.69) is 35.9 Å². The molecule has 2 rings (SSSR count). The van der Waals surface area contributed by atoms with Gasteiger partial charge in [-0.25, -0.2) is 14.8 Å². The van der Waals surface area contributed by atoms with Crippen LogP contribution in [0.1, 0.15) is 18.3 Å². The van der Waals surface area contributed by atoms with Gasteiger partial charge in [0.15, 0.2) is 0 Å². The van der Waals surface area contributed by atoms with E-state index in [9.17, 15) is 29.4 Å². The first-order valence-electron chi connectivity index (χ1n) is 9.66. The molecule has 174 valence electrons. The Balaban J connectivity index is 1.88. The molecule has 0 fully saturated rings. The molecular weight excluding hydrogens is 424 g/mol. The molecule has 4 unspecified atom stereocenters. The van der Waals surface area contributed by atoms with Crippen molar-refractivity contribution in [1.82, 2.24) is 35.9 Å². The van der Waals surface area contributed by atoms with Crippen molar-refractivity contribution in [1.29, 1.82) is 0 Å². The highest BCUT2D eigenvalue weighted by molar-refractivity contribution is 5.94. The minimum atomic E-state index is -1.43. The van der Waals surface area contributed by atoms with Gasteiger partial charge in [0.05, 0.1) is 25.3 Å². The number of aliphatic hydroxyl groups is 1. The maximum atomic E-state index is 12.4. The second-order valence-electron chi connectivity index (χ2n) is 7.04. The van der Waals surface area contributed by atoms with Crippen molar-refractivity contribution in [3.05, 3.63) is 36.4 Å². The van der Waals surface area contributed by atoms with Crippen molar-refractivity contribution < 1.29 is 29.4 Å². The molecule has 2 heterocycles. The zero-order valence-electron chi connectivity index (χ0n) is 17.2. The average molecular weight is 450 g/mol. The van der Waals surface area contributed by atoms with Crippen molar-refractivity contribution >= 4 is 23.7 Å². The van der Waals surface area contributed by atoms with Crippen LogP contribution < -0.4 is 21.7 Å². The van der Waals surface area contributed by atoms with Gasteiger partial charge in [0, 0.05) is 36.6 Å². The molecule has 14 nitrogen and oxygen atoms in total. The predicted octanol–water partition coefficient (Wildman–Crippen LogP) is -3.20. The lowest BCUT2D eigenvalue weighted by Crippen LogP contribution is -2.57. The van der Waals surface area contributed by atoms with Crippen LogP contribution in [0.4, 0.5) is 0 Å². The summed E-state index contributed by atoms with van der Waals surface area (Å²) >= 11 is 0. The summed E-state index contributed by atoms with van der Waals surface area (Å²) < 4.78 is 0. The van der Waals surface area contributed by atoms with E-state index >= 15 is 0 Å². The SMILES string of the molecule is CC(NC(=O)C(N)Cc1cnc[nH]1)C(=O)NC(CO)C(=O)NC(Cc1cnc[nH]1)C(=O)O. The number of aromatic nitrogens is 4. The average Bonchev–Trinajstić information content (AvgIpc) is 3.45. The van der Waals surface area contributed by atoms with E-state index in [1.807, 2.05) is 0 Å². The zero-order chi connectivity index (χ0) is 23.7. The Bertz CT molecular complexity index is 901. The highest BCUT2D eigenvalue weighted by atomic mass is 16.4. The number of aromatic amines is 2. The van der Waals surface area contributed by atoms with Gasteiger partial charge >= 0.3 is 5.97 Å². The molecule has 2 aromatic heterocycles. The number of rotatable bonds is 12. The maximum absolute atomic E-state index is 12.4. The summed E-state index contributed by atoms with van der Waals surface area (Å²) in [7, 11) is 0. The molecule has 9 N–H and O–H groups in total. The number of hydrogen-bond donors (Lipinski definition) is 8. The summed E-state index contributed by atoms with van der Waals surface area (Å²) in [5, 5.41) is 25.8. The number of aliphatic hydroxyl groups excluding tert-OH is 1. The molecule has 0 saturated carbocycles. The van der Waals surface area contributed by atoms with Crippen LogP contribution in [0.2, 0.25) is 0 Å². The third-order valence-electron chi connectivity index (χ3n) is 4.49. The smallest absolute Gasteiger partial charge is 0.326 e. The molecule has 32 heavy (non-hydrogen) atoms. The summed E-state index contributed by atoms with van der Waals surface area (Å²) in [4.78, 5) is 61.5. The fourth-order valence-corrected chi connectivity index (χ4v) is 2.69. The lowest BCUT2D eigenvalue weighted by molar-refractivity contribution is -0.142. The van der Waals surface area contributed by atoms with E-state index in [0.29, 0.717) is 11.4 Å². The highest BCUT2D eigenvalue weighted by Crippen LogP contribution is 2.01. The summed E-state index contributed by atoms with van der Waals surface area (Å²) in [5.41, 5.74) is 6.93. The van der Waals surface area contributed by atoms with Gasteiger partial charge in [-0.2, -0.15) is 0 Å². The number of H-pyrrole nitrogens is 2. The van der Waals surface area contributed by atoms with E-state index in [1.165, 1.54) is 32.0 Å². The van der Waals surface area contributed by atoms with Crippen LogP contribution in [-0.4, -0.2) is 84.6 Å². The van der Waals surface area contributed by atoms with Gasteiger partial charge in [-0.3, -0.25) is 14.4 Å². The Kier molecular flexibility index (Phi) is 8.85. The molecule has 3 amide bonds. The standard InChI is InChI=1S/C18H26N8O6/c1-9(24-16(29)12(19)2-10-4-20-7-22-10)15(28)26-14(6-27)17(30)25-13(18(31)32)3-11-5-21-8-23-11/h4-5,7-9,12-14,27H,2-3,6,19H2,1H3,(H,20,22)(H,21,23)(H,24,29)(H,25,30)(H,26,28)(H,31,32). The number of carboxylic acids is 1. The molecule has 0 aromatic carbocycles. The molecule has 0 spiro atoms. The van der Waals surface area contributed by atoms with E-state index in [4.69, 9.17) is 5.73 Å². The maximum Gasteiger partial charge on any atom is 0.326 e. The number of hydrogen-bond acceptors (Lipinski definition) is 8. The molecule has 0 aliphatic carbocycles. The van der Waals surface area contributed by atoms with Gasteiger partial charge in [0.1, 0.15) is 18.1 Å². The number of nitrogens with two attached hydrogens (primary N) is 1. The van der Waals surface area contributed by atoms with E-state index in [0.717, 1.165) is 0 Å². The Labute approximate surface area is 182 Å². The van der Waals surface area contributed by atoms with Crippen LogP contribution in [0.3, 0.4) is 0 Å². The largest absolute Gasteiger partial charge is 0.480 e.